The molecular formula is C25H21FN4O3. The minimum atomic E-state index is -0.788. The Bertz CT molecular complexity index is 1420. The molecule has 0 radical (unpaired) electrons. The number of para-hydroxylation sites is 2. The van der Waals surface area contributed by atoms with E-state index in [9.17, 15) is 19.1 Å². The van der Waals surface area contributed by atoms with E-state index < -0.39 is 17.1 Å². The summed E-state index contributed by atoms with van der Waals surface area (Å²) in [5.74, 6) is -0.851. The summed E-state index contributed by atoms with van der Waals surface area (Å²) in [7, 11) is 0. The summed E-state index contributed by atoms with van der Waals surface area (Å²) >= 11 is 0. The lowest BCUT2D eigenvalue weighted by molar-refractivity contribution is 0.429. The number of rotatable bonds is 5. The van der Waals surface area contributed by atoms with Gasteiger partial charge in [0.05, 0.1) is 12.2 Å². The van der Waals surface area contributed by atoms with E-state index >= 15 is 0 Å². The van der Waals surface area contributed by atoms with Gasteiger partial charge in [-0.25, -0.2) is 13.8 Å². The summed E-state index contributed by atoms with van der Waals surface area (Å²) in [6.07, 6.45) is 0. The molecule has 1 heterocycles. The average Bonchev–Trinajstić information content (AvgIpc) is 2.80. The van der Waals surface area contributed by atoms with E-state index in [1.807, 2.05) is 6.07 Å². The minimum absolute atomic E-state index is 0.0617. The van der Waals surface area contributed by atoms with E-state index in [4.69, 9.17) is 0 Å². The zero-order valence-corrected chi connectivity index (χ0v) is 17.7. The van der Waals surface area contributed by atoms with Crippen molar-refractivity contribution in [2.24, 2.45) is 4.99 Å². The highest BCUT2D eigenvalue weighted by molar-refractivity contribution is 6.09. The van der Waals surface area contributed by atoms with Gasteiger partial charge in [-0.3, -0.25) is 14.8 Å². The van der Waals surface area contributed by atoms with Crippen LogP contribution in [0.5, 0.6) is 5.88 Å². The van der Waals surface area contributed by atoms with Gasteiger partial charge in [-0.2, -0.15) is 0 Å². The van der Waals surface area contributed by atoms with Crippen molar-refractivity contribution in [1.82, 2.24) is 9.55 Å². The summed E-state index contributed by atoms with van der Waals surface area (Å²) in [6, 6.07) is 21.8. The maximum atomic E-state index is 13.3. The van der Waals surface area contributed by atoms with Crippen LogP contribution in [0.3, 0.4) is 0 Å². The Balaban J connectivity index is 1.87. The van der Waals surface area contributed by atoms with Crippen LogP contribution >= 0.6 is 0 Å². The summed E-state index contributed by atoms with van der Waals surface area (Å²) < 4.78 is 14.3. The summed E-state index contributed by atoms with van der Waals surface area (Å²) in [4.78, 5) is 32.2. The molecule has 0 unspecified atom stereocenters. The van der Waals surface area contributed by atoms with E-state index in [1.54, 1.807) is 67.6 Å². The minimum Gasteiger partial charge on any atom is -0.493 e. The lowest BCUT2D eigenvalue weighted by Crippen LogP contribution is -2.35. The van der Waals surface area contributed by atoms with Gasteiger partial charge in [0.1, 0.15) is 17.2 Å². The molecule has 4 aromatic rings. The van der Waals surface area contributed by atoms with Crippen LogP contribution in [0.1, 0.15) is 16.7 Å². The van der Waals surface area contributed by atoms with E-state index in [-0.39, 0.29) is 23.8 Å². The van der Waals surface area contributed by atoms with Crippen LogP contribution in [-0.4, -0.2) is 20.5 Å². The second-order valence-corrected chi connectivity index (χ2v) is 7.36. The molecular weight excluding hydrogens is 423 g/mol. The number of benzene rings is 3. The van der Waals surface area contributed by atoms with Gasteiger partial charge in [0.2, 0.25) is 5.88 Å². The van der Waals surface area contributed by atoms with Crippen molar-refractivity contribution in [3.05, 3.63) is 122 Å². The Morgan fingerprint density at radius 1 is 1.00 bits per heavy atom. The molecule has 3 N–H and O–H groups in total. The number of aromatic amines is 1. The maximum absolute atomic E-state index is 13.3. The first kappa shape index (κ1) is 21.8. The highest BCUT2D eigenvalue weighted by Gasteiger charge is 2.21. The lowest BCUT2D eigenvalue weighted by Gasteiger charge is -2.16. The molecule has 0 spiro atoms. The highest BCUT2D eigenvalue weighted by Crippen LogP contribution is 2.21. The van der Waals surface area contributed by atoms with Crippen LogP contribution in [0, 0.1) is 12.7 Å². The van der Waals surface area contributed by atoms with Gasteiger partial charge in [0.15, 0.2) is 0 Å². The molecule has 33 heavy (non-hydrogen) atoms. The number of H-pyrrole nitrogens is 1. The third kappa shape index (κ3) is 4.74. The Kier molecular flexibility index (Phi) is 6.17. The molecule has 0 atom stereocenters. The quantitative estimate of drug-likeness (QED) is 0.323. The van der Waals surface area contributed by atoms with Crippen molar-refractivity contribution >= 4 is 11.5 Å². The van der Waals surface area contributed by atoms with Crippen molar-refractivity contribution in [3.63, 3.8) is 0 Å². The number of aliphatic imine (C=N–C) groups is 1. The molecule has 0 amide bonds. The van der Waals surface area contributed by atoms with Crippen LogP contribution in [0.25, 0.3) is 5.69 Å². The summed E-state index contributed by atoms with van der Waals surface area (Å²) in [5.41, 5.74) is 0.735. The van der Waals surface area contributed by atoms with Gasteiger partial charge >= 0.3 is 5.69 Å². The highest BCUT2D eigenvalue weighted by atomic mass is 19.1. The van der Waals surface area contributed by atoms with Gasteiger partial charge < -0.3 is 10.4 Å². The fraction of sp³-hybridized carbons (Fsp3) is 0.0800. The molecule has 4 rings (SSSR count). The van der Waals surface area contributed by atoms with Crippen molar-refractivity contribution < 1.29 is 9.50 Å². The number of amidine groups is 1. The average molecular weight is 444 g/mol. The predicted molar refractivity (Wildman–Crippen MR) is 126 cm³/mol. The standard InChI is InChI=1S/C25H21FN4O3/c1-16-7-5-6-10-20(16)30-24(32)21(23(31)29-25(30)33)22(28-19-8-3-2-4-9-19)27-15-17-11-13-18(26)14-12-17/h2-14,32H,15H2,1H3,(H,27,28)(H,29,31,33). The number of halogens is 1. The van der Waals surface area contributed by atoms with Crippen molar-refractivity contribution in [2.45, 2.75) is 13.5 Å². The molecule has 8 heteroatoms. The first-order valence-electron chi connectivity index (χ1n) is 10.2. The summed E-state index contributed by atoms with van der Waals surface area (Å²) in [6.45, 7) is 1.90. The molecule has 0 bridgehead atoms. The van der Waals surface area contributed by atoms with Gasteiger partial charge in [0.25, 0.3) is 5.56 Å². The molecule has 0 aliphatic heterocycles. The number of nitrogens with one attached hydrogen (secondary N) is 2. The number of aromatic nitrogens is 2. The smallest absolute Gasteiger partial charge is 0.335 e. The van der Waals surface area contributed by atoms with E-state index in [1.165, 1.54) is 12.1 Å². The van der Waals surface area contributed by atoms with E-state index in [0.29, 0.717) is 16.9 Å². The normalized spacial score (nSPS) is 11.4. The SMILES string of the molecule is Cc1ccccc1-n1c(O)c(C(=NCc2ccc(F)cc2)Nc2ccccc2)c(=O)[nH]c1=O. The molecule has 0 saturated carbocycles. The van der Waals surface area contributed by atoms with Crippen LogP contribution in [-0.2, 0) is 6.54 Å². The van der Waals surface area contributed by atoms with Gasteiger partial charge in [-0.05, 0) is 48.4 Å². The molecule has 0 saturated heterocycles. The van der Waals surface area contributed by atoms with Crippen LogP contribution in [0.4, 0.5) is 10.1 Å². The fourth-order valence-electron chi connectivity index (χ4n) is 3.38. The van der Waals surface area contributed by atoms with E-state index in [0.717, 1.165) is 10.1 Å². The van der Waals surface area contributed by atoms with Gasteiger partial charge in [0, 0.05) is 5.69 Å². The molecule has 1 aromatic heterocycles. The number of aryl methyl sites for hydroxylation is 1. The maximum Gasteiger partial charge on any atom is 0.335 e. The molecule has 0 aliphatic rings. The largest absolute Gasteiger partial charge is 0.493 e. The second-order valence-electron chi connectivity index (χ2n) is 7.36. The number of hydrogen-bond donors (Lipinski definition) is 3. The molecule has 7 nitrogen and oxygen atoms in total. The van der Waals surface area contributed by atoms with Gasteiger partial charge in [-0.15, -0.1) is 0 Å². The molecule has 166 valence electrons. The zero-order chi connectivity index (χ0) is 23.4. The number of anilines is 1. The monoisotopic (exact) mass is 444 g/mol. The van der Waals surface area contributed by atoms with Crippen LogP contribution < -0.4 is 16.6 Å². The Labute approximate surface area is 188 Å². The first-order chi connectivity index (χ1) is 15.9. The van der Waals surface area contributed by atoms with Crippen LogP contribution in [0.15, 0.2) is 93.4 Å². The third-order valence-electron chi connectivity index (χ3n) is 5.05. The molecule has 0 fully saturated rings. The topological polar surface area (TPSA) is 99.5 Å². The van der Waals surface area contributed by atoms with Crippen molar-refractivity contribution in [1.29, 1.82) is 0 Å². The van der Waals surface area contributed by atoms with Crippen molar-refractivity contribution in [3.8, 4) is 11.6 Å². The first-order valence-corrected chi connectivity index (χ1v) is 10.2. The second kappa shape index (κ2) is 9.35. The van der Waals surface area contributed by atoms with Gasteiger partial charge in [-0.1, -0.05) is 48.5 Å². The zero-order valence-electron chi connectivity index (χ0n) is 17.7. The van der Waals surface area contributed by atoms with Crippen LogP contribution in [0.2, 0.25) is 0 Å². The molecule has 0 aliphatic carbocycles. The number of hydrogen-bond acceptors (Lipinski definition) is 4. The lowest BCUT2D eigenvalue weighted by atomic mass is 10.2. The number of aromatic hydroxyl groups is 1. The molecule has 3 aromatic carbocycles. The summed E-state index contributed by atoms with van der Waals surface area (Å²) in [5, 5.41) is 14.1. The van der Waals surface area contributed by atoms with E-state index in [2.05, 4.69) is 15.3 Å². The Hall–Kier alpha value is -4.46. The Morgan fingerprint density at radius 3 is 2.36 bits per heavy atom. The number of nitrogens with zero attached hydrogens (tertiary/aromatic N) is 2. The predicted octanol–water partition coefficient (Wildman–Crippen LogP) is 3.74. The fourth-order valence-corrected chi connectivity index (χ4v) is 3.38. The van der Waals surface area contributed by atoms with Crippen molar-refractivity contribution in [2.75, 3.05) is 5.32 Å². The third-order valence-corrected chi connectivity index (χ3v) is 5.05. The Morgan fingerprint density at radius 2 is 1.67 bits per heavy atom.